The van der Waals surface area contributed by atoms with Gasteiger partial charge in [-0.1, -0.05) is 31.8 Å². The Labute approximate surface area is 446 Å². The van der Waals surface area contributed by atoms with Gasteiger partial charge >= 0.3 is 48.2 Å². The molecule has 6 aromatic rings. The van der Waals surface area contributed by atoms with Crippen LogP contribution in [0.1, 0.15) is 38.8 Å². The van der Waals surface area contributed by atoms with E-state index in [0.717, 1.165) is 27.4 Å². The first-order chi connectivity index (χ1) is 36.5. The van der Waals surface area contributed by atoms with Gasteiger partial charge in [-0.15, -0.1) is 10.2 Å². The molecule has 0 unspecified atom stereocenters. The number of aromatic amines is 1. The van der Waals surface area contributed by atoms with Gasteiger partial charge in [-0.2, -0.15) is 58.6 Å². The van der Waals surface area contributed by atoms with Crippen molar-refractivity contribution >= 4 is 20.0 Å². The van der Waals surface area contributed by atoms with Crippen LogP contribution in [0.4, 0.5) is 43.9 Å². The average Bonchev–Trinajstić information content (AvgIpc) is 4.06. The topological polar surface area (TPSA) is 234 Å². The average molecular weight is 1150 g/mol. The number of aryl methyl sites for hydroxylation is 2. The van der Waals surface area contributed by atoms with Gasteiger partial charge in [0.1, 0.15) is 31.3 Å². The Morgan fingerprint density at radius 1 is 0.658 bits per heavy atom. The highest BCUT2D eigenvalue weighted by Crippen LogP contribution is 2.37. The third-order valence-corrected chi connectivity index (χ3v) is 12.9. The number of carbonyl (C=O) groups excluding carboxylic acids is 1. The molecule has 0 saturated carbocycles. The van der Waals surface area contributed by atoms with Crippen LogP contribution < -0.4 is 18.9 Å². The second-order valence-corrected chi connectivity index (χ2v) is 25.8. The molecule has 0 bridgehead atoms. The molecule has 0 saturated heterocycles. The molecule has 0 fully saturated rings. The van der Waals surface area contributed by atoms with Gasteiger partial charge in [-0.3, -0.25) is 24.7 Å². The van der Waals surface area contributed by atoms with Crippen molar-refractivity contribution in [2.45, 2.75) is 98.2 Å². The molecule has 30 heteroatoms. The number of nitrogens with one attached hydrogen (secondary N) is 1. The van der Waals surface area contributed by atoms with E-state index in [9.17, 15) is 53.5 Å². The van der Waals surface area contributed by atoms with Crippen LogP contribution in [0.25, 0.3) is 45.3 Å². The predicted octanol–water partition coefficient (Wildman–Crippen LogP) is 10.5. The molecule has 19 nitrogen and oxygen atoms in total. The zero-order valence-corrected chi connectivity index (χ0v) is 45.2. The van der Waals surface area contributed by atoms with E-state index in [-0.39, 0.29) is 48.9 Å². The Hall–Kier alpha value is -7.50. The Kier molecular flexibility index (Phi) is 19.5. The minimum absolute atomic E-state index is 0.00140. The number of ether oxygens (including phenoxy) is 6. The molecule has 0 aliphatic carbocycles. The largest absolute Gasteiger partial charge is 0.481 e. The third kappa shape index (κ3) is 17.0. The van der Waals surface area contributed by atoms with Crippen LogP contribution in [0.5, 0.6) is 23.8 Å². The fourth-order valence-corrected chi connectivity index (χ4v) is 6.92. The highest BCUT2D eigenvalue weighted by Gasteiger charge is 2.59. The molecule has 0 aromatic carbocycles. The molecule has 0 atom stereocenters. The summed E-state index contributed by atoms with van der Waals surface area (Å²) >= 11 is 0. The molecule has 0 amide bonds. The van der Waals surface area contributed by atoms with E-state index in [1.165, 1.54) is 45.6 Å². The molecule has 79 heavy (non-hydrogen) atoms. The number of nitrogens with zero attached hydrogens (tertiary/aromatic N) is 9. The van der Waals surface area contributed by atoms with Gasteiger partial charge in [0, 0.05) is 73.9 Å². The van der Waals surface area contributed by atoms with Crippen LogP contribution in [0.2, 0.25) is 25.7 Å². The molecule has 0 aliphatic heterocycles. The Morgan fingerprint density at radius 3 is 1.62 bits per heavy atom. The summed E-state index contributed by atoms with van der Waals surface area (Å²) < 4.78 is 159. The third-order valence-electron chi connectivity index (χ3n) is 11.2. The summed E-state index contributed by atoms with van der Waals surface area (Å²) in [6.45, 7) is 12.7. The number of aliphatic carboxylic acids is 1. The first-order valence-corrected chi connectivity index (χ1v) is 27.3. The summed E-state index contributed by atoms with van der Waals surface area (Å²) in [6.07, 6.45) is -5.42. The second kappa shape index (κ2) is 24.7. The first kappa shape index (κ1) is 62.3. The molecule has 6 aromatic heterocycles. The van der Waals surface area contributed by atoms with Gasteiger partial charge in [0.25, 0.3) is 0 Å². The normalized spacial score (nSPS) is 12.6. The lowest BCUT2D eigenvalue weighted by molar-refractivity contribution is -0.290. The molecular weight excluding hydrogens is 1090 g/mol. The van der Waals surface area contributed by atoms with Crippen molar-refractivity contribution in [3.05, 3.63) is 72.3 Å². The van der Waals surface area contributed by atoms with Crippen molar-refractivity contribution in [3.63, 3.8) is 0 Å². The van der Waals surface area contributed by atoms with Gasteiger partial charge in [-0.25, -0.2) is 9.97 Å². The number of methoxy groups -OCH3 is 1. The maximum Gasteiger partial charge on any atom is 0.456 e. The van der Waals surface area contributed by atoms with E-state index in [4.69, 9.17) is 28.8 Å². The number of H-pyrrole nitrogens is 1. The quantitative estimate of drug-likeness (QED) is 0.0263. The van der Waals surface area contributed by atoms with E-state index >= 15 is 0 Å². The summed E-state index contributed by atoms with van der Waals surface area (Å²) in [5.41, 5.74) is 2.87. The fourth-order valence-electron chi connectivity index (χ4n) is 6.16. The van der Waals surface area contributed by atoms with Crippen molar-refractivity contribution in [2.75, 3.05) is 40.1 Å². The molecular formula is C49H56F10N10O9Si. The van der Waals surface area contributed by atoms with Crippen molar-refractivity contribution < 1.29 is 87.0 Å². The summed E-state index contributed by atoms with van der Waals surface area (Å²) in [4.78, 5) is 47.9. The SMILES string of the molecule is COC(=O)C(C)(C)COc1cc(C)c(-c2ccc(-c3nc(OCC(F)(F)C(F)(F)F)n(COCC[Si](C)(C)C)n3)nc2)cn1.Cc1cc(OCC(C)(C)C(=O)O)ncc1-c1ccc(-c2nc(OCC(F)(F)C(F)(F)F)n[nH]2)nc1. The predicted molar refractivity (Wildman–Crippen MR) is 264 cm³/mol. The van der Waals surface area contributed by atoms with Crippen LogP contribution >= 0.6 is 0 Å². The smallest absolute Gasteiger partial charge is 0.456 e. The lowest BCUT2D eigenvalue weighted by Crippen LogP contribution is -2.42. The highest BCUT2D eigenvalue weighted by molar-refractivity contribution is 6.76. The molecule has 0 radical (unpaired) electrons. The Balaban J connectivity index is 0.000000298. The molecule has 2 N–H and O–H groups in total. The Bertz CT molecular complexity index is 3020. The minimum Gasteiger partial charge on any atom is -0.481 e. The van der Waals surface area contributed by atoms with E-state index in [1.807, 2.05) is 6.92 Å². The van der Waals surface area contributed by atoms with Crippen LogP contribution in [-0.2, 0) is 25.8 Å². The molecule has 6 heterocycles. The van der Waals surface area contributed by atoms with Crippen LogP contribution in [0.3, 0.4) is 0 Å². The molecule has 6 rings (SSSR count). The summed E-state index contributed by atoms with van der Waals surface area (Å²) in [5, 5.41) is 19.2. The van der Waals surface area contributed by atoms with E-state index in [0.29, 0.717) is 29.2 Å². The number of carbonyl (C=O) groups is 2. The van der Waals surface area contributed by atoms with Gasteiger partial charge in [0.15, 0.2) is 19.0 Å². The summed E-state index contributed by atoms with van der Waals surface area (Å²) in [6, 6.07) is 9.39. The van der Waals surface area contributed by atoms with E-state index in [2.05, 4.69) is 69.6 Å². The standard InChI is InChI=1S/C28H36F5N5O5Si.C21H20F5N5O4/c1-18-12-22(42-15-26(2,3)24(39)40-4)35-14-20(18)19-8-9-21(34-13-19)23-36-25(43-16-27(29,30)28(31,32)33)38(37-23)17-41-10-11-44(5,6)7;1-11-6-15(34-9-19(2,3)17(32)33)28-8-13(11)12-4-5-14(27-7-12)16-29-18(31-30-16)35-10-20(22,23)21(24,25)26/h8-9,12-14H,10-11,15-17H2,1-7H3;4-8H,9-10H2,1-3H3,(H,32,33)(H,29,30,31). The van der Waals surface area contributed by atoms with Crippen LogP contribution in [0.15, 0.2) is 61.2 Å². The molecule has 0 aliphatic rings. The molecule has 0 spiro atoms. The van der Waals surface area contributed by atoms with E-state index in [1.54, 1.807) is 57.3 Å². The highest BCUT2D eigenvalue weighted by atomic mass is 28.3. The van der Waals surface area contributed by atoms with Crippen molar-refractivity contribution in [1.82, 2.24) is 49.9 Å². The number of alkyl halides is 10. The number of aromatic nitrogens is 10. The van der Waals surface area contributed by atoms with Crippen molar-refractivity contribution in [2.24, 2.45) is 10.8 Å². The van der Waals surface area contributed by atoms with Gasteiger partial charge in [0.2, 0.25) is 17.6 Å². The number of carboxylic acid groups (broad SMARTS) is 1. The number of esters is 1. The Morgan fingerprint density at radius 2 is 1.16 bits per heavy atom. The summed E-state index contributed by atoms with van der Waals surface area (Å²) in [5.74, 6) is -11.0. The minimum atomic E-state index is -5.79. The van der Waals surface area contributed by atoms with Crippen molar-refractivity contribution in [3.8, 4) is 69.1 Å². The lowest BCUT2D eigenvalue weighted by atomic mass is 9.95. The zero-order valence-electron chi connectivity index (χ0n) is 44.2. The lowest BCUT2D eigenvalue weighted by Gasteiger charge is -2.21. The maximum absolute atomic E-state index is 13.5. The fraction of sp³-hybridized carbons (Fsp3) is 0.469. The molecule has 430 valence electrons. The number of halogens is 10. The number of hydrogen-bond donors (Lipinski definition) is 2. The number of hydrogen-bond acceptors (Lipinski definition) is 16. The van der Waals surface area contributed by atoms with Crippen molar-refractivity contribution in [1.29, 1.82) is 0 Å². The number of carboxylic acids is 1. The second-order valence-electron chi connectivity index (χ2n) is 20.2. The maximum atomic E-state index is 13.5. The van der Waals surface area contributed by atoms with E-state index < -0.39 is 80.3 Å². The van der Waals surface area contributed by atoms with Gasteiger partial charge < -0.3 is 33.5 Å². The van der Waals surface area contributed by atoms with Crippen LogP contribution in [-0.4, -0.2) is 139 Å². The van der Waals surface area contributed by atoms with Gasteiger partial charge in [-0.05, 0) is 70.8 Å². The monoisotopic (exact) mass is 1150 g/mol. The van der Waals surface area contributed by atoms with Gasteiger partial charge in [0.05, 0.1) is 17.9 Å². The zero-order chi connectivity index (χ0) is 58.9. The number of pyridine rings is 4. The first-order valence-electron chi connectivity index (χ1n) is 23.6. The van der Waals surface area contributed by atoms with Crippen LogP contribution in [0, 0.1) is 24.7 Å². The summed E-state index contributed by atoms with van der Waals surface area (Å²) in [7, 11) is -0.135. The number of rotatable bonds is 23.